The van der Waals surface area contributed by atoms with E-state index in [-0.39, 0.29) is 6.54 Å². The second kappa shape index (κ2) is 8.19. The Morgan fingerprint density at radius 1 is 1.21 bits per heavy atom. The zero-order valence-corrected chi connectivity index (χ0v) is 14.1. The van der Waals surface area contributed by atoms with Gasteiger partial charge in [-0.25, -0.2) is 4.79 Å². The second-order valence-corrected chi connectivity index (χ2v) is 6.00. The third-order valence-electron chi connectivity index (χ3n) is 3.31. The van der Waals surface area contributed by atoms with Crippen LogP contribution in [0.1, 0.15) is 25.8 Å². The summed E-state index contributed by atoms with van der Waals surface area (Å²) in [6.45, 7) is 6.47. The standard InChI is InChI=1S/C16H22N6O2/c1-11(2)8-9-17-16(24)18-14(23)10-22-20-15(19-21-22)13-6-4-12(3)5-7-13/h4-7,11H,8-10H2,1-3H3,(H2,17,18,23,24). The van der Waals surface area contributed by atoms with Gasteiger partial charge in [0, 0.05) is 12.1 Å². The summed E-state index contributed by atoms with van der Waals surface area (Å²) in [7, 11) is 0. The molecule has 2 rings (SSSR count). The van der Waals surface area contributed by atoms with Crippen LogP contribution in [-0.2, 0) is 11.3 Å². The van der Waals surface area contributed by atoms with Crippen LogP contribution in [-0.4, -0.2) is 38.7 Å². The molecular formula is C16H22N6O2. The van der Waals surface area contributed by atoms with Gasteiger partial charge in [0.15, 0.2) is 0 Å². The third-order valence-corrected chi connectivity index (χ3v) is 3.31. The van der Waals surface area contributed by atoms with Gasteiger partial charge in [-0.15, -0.1) is 10.2 Å². The summed E-state index contributed by atoms with van der Waals surface area (Å²) >= 11 is 0. The molecule has 1 aromatic carbocycles. The lowest BCUT2D eigenvalue weighted by Crippen LogP contribution is -2.41. The summed E-state index contributed by atoms with van der Waals surface area (Å²) in [6.07, 6.45) is 0.853. The van der Waals surface area contributed by atoms with Crippen LogP contribution in [0.2, 0.25) is 0 Å². The van der Waals surface area contributed by atoms with Gasteiger partial charge in [0.1, 0.15) is 6.54 Å². The highest BCUT2D eigenvalue weighted by Gasteiger charge is 2.11. The van der Waals surface area contributed by atoms with Crippen LogP contribution >= 0.6 is 0 Å². The molecular weight excluding hydrogens is 308 g/mol. The molecule has 0 fully saturated rings. The van der Waals surface area contributed by atoms with E-state index in [0.717, 1.165) is 22.3 Å². The molecule has 0 bridgehead atoms. The number of urea groups is 1. The van der Waals surface area contributed by atoms with Gasteiger partial charge in [-0.05, 0) is 24.5 Å². The topological polar surface area (TPSA) is 102 Å². The quantitative estimate of drug-likeness (QED) is 0.836. The van der Waals surface area contributed by atoms with E-state index in [9.17, 15) is 9.59 Å². The molecule has 24 heavy (non-hydrogen) atoms. The van der Waals surface area contributed by atoms with Crippen molar-refractivity contribution in [2.45, 2.75) is 33.7 Å². The minimum absolute atomic E-state index is 0.170. The number of hydrogen-bond acceptors (Lipinski definition) is 5. The maximum Gasteiger partial charge on any atom is 0.321 e. The Kier molecular flexibility index (Phi) is 6.00. The number of nitrogens with one attached hydrogen (secondary N) is 2. The fraction of sp³-hybridized carbons (Fsp3) is 0.438. The molecule has 0 unspecified atom stereocenters. The largest absolute Gasteiger partial charge is 0.338 e. The first-order chi connectivity index (χ1) is 11.4. The molecule has 0 aliphatic carbocycles. The number of tetrazole rings is 1. The Bertz CT molecular complexity index is 693. The molecule has 128 valence electrons. The SMILES string of the molecule is Cc1ccc(-c2nnn(CC(=O)NC(=O)NCCC(C)C)n2)cc1. The van der Waals surface area contributed by atoms with E-state index < -0.39 is 11.9 Å². The average molecular weight is 330 g/mol. The predicted octanol–water partition coefficient (Wildman–Crippen LogP) is 1.52. The van der Waals surface area contributed by atoms with Crippen LogP contribution in [0.3, 0.4) is 0 Å². The van der Waals surface area contributed by atoms with Crippen molar-refractivity contribution in [3.05, 3.63) is 29.8 Å². The molecule has 1 heterocycles. The van der Waals surface area contributed by atoms with Gasteiger partial charge in [-0.2, -0.15) is 4.80 Å². The Labute approximate surface area is 140 Å². The van der Waals surface area contributed by atoms with Crippen molar-refractivity contribution in [2.75, 3.05) is 6.54 Å². The van der Waals surface area contributed by atoms with E-state index in [1.165, 1.54) is 0 Å². The Hall–Kier alpha value is -2.77. The molecule has 1 aromatic heterocycles. The number of carbonyl (C=O) groups excluding carboxylic acids is 2. The van der Waals surface area contributed by atoms with Crippen molar-refractivity contribution >= 4 is 11.9 Å². The smallest absolute Gasteiger partial charge is 0.321 e. The van der Waals surface area contributed by atoms with Crippen LogP contribution < -0.4 is 10.6 Å². The van der Waals surface area contributed by atoms with E-state index in [2.05, 4.69) is 39.9 Å². The minimum Gasteiger partial charge on any atom is -0.338 e. The predicted molar refractivity (Wildman–Crippen MR) is 89.0 cm³/mol. The summed E-state index contributed by atoms with van der Waals surface area (Å²) in [5.74, 6) is 0.426. The zero-order valence-electron chi connectivity index (χ0n) is 14.1. The molecule has 2 aromatic rings. The summed E-state index contributed by atoms with van der Waals surface area (Å²) in [4.78, 5) is 24.5. The van der Waals surface area contributed by atoms with Crippen LogP contribution in [0.25, 0.3) is 11.4 Å². The molecule has 0 saturated carbocycles. The fourth-order valence-electron chi connectivity index (χ4n) is 1.94. The van der Waals surface area contributed by atoms with Crippen molar-refractivity contribution in [3.63, 3.8) is 0 Å². The molecule has 3 amide bonds. The normalized spacial score (nSPS) is 10.7. The number of carbonyl (C=O) groups is 2. The van der Waals surface area contributed by atoms with Crippen molar-refractivity contribution < 1.29 is 9.59 Å². The maximum absolute atomic E-state index is 11.8. The van der Waals surface area contributed by atoms with Crippen molar-refractivity contribution in [1.29, 1.82) is 0 Å². The summed E-state index contributed by atoms with van der Waals surface area (Å²) in [5.41, 5.74) is 1.95. The molecule has 0 spiro atoms. The summed E-state index contributed by atoms with van der Waals surface area (Å²) in [6, 6.07) is 7.16. The third kappa shape index (κ3) is 5.45. The zero-order chi connectivity index (χ0) is 17.5. The van der Waals surface area contributed by atoms with Gasteiger partial charge >= 0.3 is 6.03 Å². The van der Waals surface area contributed by atoms with Crippen molar-refractivity contribution in [3.8, 4) is 11.4 Å². The molecule has 0 atom stereocenters. The van der Waals surface area contributed by atoms with Gasteiger partial charge in [0.2, 0.25) is 5.82 Å². The van der Waals surface area contributed by atoms with Crippen molar-refractivity contribution in [1.82, 2.24) is 30.8 Å². The van der Waals surface area contributed by atoms with Gasteiger partial charge in [0.05, 0.1) is 0 Å². The molecule has 0 radical (unpaired) electrons. The van der Waals surface area contributed by atoms with Gasteiger partial charge < -0.3 is 5.32 Å². The molecule has 8 heteroatoms. The number of aromatic nitrogens is 4. The maximum atomic E-state index is 11.8. The molecule has 2 N–H and O–H groups in total. The Balaban J connectivity index is 1.84. The lowest BCUT2D eigenvalue weighted by molar-refractivity contribution is -0.121. The average Bonchev–Trinajstić information content (AvgIpc) is 2.95. The highest BCUT2D eigenvalue weighted by atomic mass is 16.2. The number of amides is 3. The van der Waals surface area contributed by atoms with Crippen LogP contribution in [0.4, 0.5) is 4.79 Å². The fourth-order valence-corrected chi connectivity index (χ4v) is 1.94. The van der Waals surface area contributed by atoms with E-state index >= 15 is 0 Å². The number of benzene rings is 1. The number of rotatable bonds is 6. The Morgan fingerprint density at radius 3 is 2.58 bits per heavy atom. The number of nitrogens with zero attached hydrogens (tertiary/aromatic N) is 4. The molecule has 0 saturated heterocycles. The van der Waals surface area contributed by atoms with Crippen molar-refractivity contribution in [2.24, 2.45) is 5.92 Å². The van der Waals surface area contributed by atoms with Gasteiger partial charge in [-0.1, -0.05) is 43.7 Å². The monoisotopic (exact) mass is 330 g/mol. The second-order valence-electron chi connectivity index (χ2n) is 6.00. The first kappa shape index (κ1) is 17.6. The molecule has 8 nitrogen and oxygen atoms in total. The number of aryl methyl sites for hydroxylation is 1. The van der Waals surface area contributed by atoms with Gasteiger partial charge in [-0.3, -0.25) is 10.1 Å². The van der Waals surface area contributed by atoms with Gasteiger partial charge in [0.25, 0.3) is 5.91 Å². The van der Waals surface area contributed by atoms with E-state index in [0.29, 0.717) is 18.3 Å². The number of hydrogen-bond donors (Lipinski definition) is 2. The highest BCUT2D eigenvalue weighted by molar-refractivity contribution is 5.94. The minimum atomic E-state index is -0.514. The lowest BCUT2D eigenvalue weighted by Gasteiger charge is -2.07. The first-order valence-corrected chi connectivity index (χ1v) is 7.86. The number of imide groups is 1. The van der Waals surface area contributed by atoms with E-state index in [1.807, 2.05) is 31.2 Å². The lowest BCUT2D eigenvalue weighted by atomic mass is 10.1. The molecule has 0 aliphatic heterocycles. The highest BCUT2D eigenvalue weighted by Crippen LogP contribution is 2.13. The van der Waals surface area contributed by atoms with Crippen LogP contribution in [0.5, 0.6) is 0 Å². The molecule has 0 aliphatic rings. The van der Waals surface area contributed by atoms with Crippen LogP contribution in [0.15, 0.2) is 24.3 Å². The van der Waals surface area contributed by atoms with E-state index in [1.54, 1.807) is 0 Å². The summed E-state index contributed by atoms with van der Waals surface area (Å²) < 4.78 is 0. The van der Waals surface area contributed by atoms with E-state index in [4.69, 9.17) is 0 Å². The first-order valence-electron chi connectivity index (χ1n) is 7.86. The summed E-state index contributed by atoms with van der Waals surface area (Å²) in [5, 5.41) is 16.8. The Morgan fingerprint density at radius 2 is 1.92 bits per heavy atom. The van der Waals surface area contributed by atoms with Crippen LogP contribution in [0, 0.1) is 12.8 Å².